The molecule has 18 heavy (non-hydrogen) atoms. The van der Waals surface area contributed by atoms with Gasteiger partial charge in [0.15, 0.2) is 0 Å². The zero-order valence-corrected chi connectivity index (χ0v) is 9.47. The first-order valence-corrected chi connectivity index (χ1v) is 4.95. The maximum absolute atomic E-state index is 11.0. The third-order valence-corrected chi connectivity index (χ3v) is 1.84. The second-order valence-corrected chi connectivity index (χ2v) is 3.11. The van der Waals surface area contributed by atoms with Crippen LogP contribution in [-0.2, 0) is 9.53 Å². The van der Waals surface area contributed by atoms with E-state index >= 15 is 0 Å². The molecular formula is C12H8N2O4. The van der Waals surface area contributed by atoms with Gasteiger partial charge >= 0.3 is 5.97 Å². The summed E-state index contributed by atoms with van der Waals surface area (Å²) in [6, 6.07) is 5.47. The Kier molecular flexibility index (Phi) is 4.42. The van der Waals surface area contributed by atoms with Gasteiger partial charge in [-0.15, -0.1) is 0 Å². The van der Waals surface area contributed by atoms with Gasteiger partial charge in [-0.2, -0.15) is 5.26 Å². The van der Waals surface area contributed by atoms with Crippen LogP contribution in [0.25, 0.3) is 0 Å². The number of esters is 1. The fraction of sp³-hybridized carbons (Fsp3) is 0.167. The average molecular weight is 244 g/mol. The number of rotatable bonds is 2. The first kappa shape index (κ1) is 13.2. The number of hydrogen-bond acceptors (Lipinski definition) is 5. The molecule has 0 unspecified atom stereocenters. The Morgan fingerprint density at radius 2 is 2.11 bits per heavy atom. The van der Waals surface area contributed by atoms with Crippen LogP contribution in [0.3, 0.4) is 0 Å². The predicted octanol–water partition coefficient (Wildman–Crippen LogP) is 1.38. The number of hydrogen-bond donors (Lipinski definition) is 0. The van der Waals surface area contributed by atoms with Crippen LogP contribution in [0.2, 0.25) is 0 Å². The van der Waals surface area contributed by atoms with Crippen molar-refractivity contribution < 1.29 is 14.5 Å². The maximum Gasteiger partial charge on any atom is 0.384 e. The highest BCUT2D eigenvalue weighted by Crippen LogP contribution is 2.16. The van der Waals surface area contributed by atoms with Crippen LogP contribution in [-0.4, -0.2) is 17.5 Å². The molecule has 0 aliphatic carbocycles. The lowest BCUT2D eigenvalue weighted by molar-refractivity contribution is -0.384. The quantitative estimate of drug-likeness (QED) is 0.339. The highest BCUT2D eigenvalue weighted by Gasteiger charge is 2.08. The van der Waals surface area contributed by atoms with Crippen molar-refractivity contribution >= 4 is 11.7 Å². The number of ether oxygens (including phenoxy) is 1. The van der Waals surface area contributed by atoms with Crippen molar-refractivity contribution in [1.29, 1.82) is 5.26 Å². The number of nitro benzene ring substituents is 1. The van der Waals surface area contributed by atoms with Crippen molar-refractivity contribution in [1.82, 2.24) is 0 Å². The minimum atomic E-state index is -0.720. The summed E-state index contributed by atoms with van der Waals surface area (Å²) < 4.78 is 4.59. The number of benzene rings is 1. The topological polar surface area (TPSA) is 93.2 Å². The Bertz CT molecular complexity index is 590. The largest absolute Gasteiger partial charge is 0.456 e. The molecule has 0 N–H and O–H groups in total. The average Bonchev–Trinajstić information content (AvgIpc) is 2.36. The van der Waals surface area contributed by atoms with E-state index in [0.717, 1.165) is 6.07 Å². The zero-order valence-electron chi connectivity index (χ0n) is 9.47. The molecule has 90 valence electrons. The molecule has 0 heterocycles. The number of nitro groups is 1. The van der Waals surface area contributed by atoms with Gasteiger partial charge in [-0.25, -0.2) is 4.79 Å². The van der Waals surface area contributed by atoms with Crippen molar-refractivity contribution in [2.45, 2.75) is 6.92 Å². The van der Waals surface area contributed by atoms with Crippen LogP contribution >= 0.6 is 0 Å². The number of nitriles is 1. The van der Waals surface area contributed by atoms with E-state index in [4.69, 9.17) is 5.26 Å². The molecule has 1 aromatic rings. The van der Waals surface area contributed by atoms with Gasteiger partial charge in [-0.3, -0.25) is 10.1 Å². The molecule has 0 bridgehead atoms. The predicted molar refractivity (Wildman–Crippen MR) is 61.3 cm³/mol. The molecule has 1 aromatic carbocycles. The highest BCUT2D eigenvalue weighted by molar-refractivity contribution is 5.89. The number of carbonyl (C=O) groups is 1. The molecule has 0 spiro atoms. The molecule has 0 saturated heterocycles. The fourth-order valence-electron chi connectivity index (χ4n) is 1.14. The summed E-state index contributed by atoms with van der Waals surface area (Å²) in [4.78, 5) is 21.0. The lowest BCUT2D eigenvalue weighted by Crippen LogP contribution is -1.99. The van der Waals surface area contributed by atoms with Crippen molar-refractivity contribution in [3.8, 4) is 17.9 Å². The molecular weight excluding hydrogens is 236 g/mol. The van der Waals surface area contributed by atoms with Gasteiger partial charge in [-0.1, -0.05) is 5.92 Å². The van der Waals surface area contributed by atoms with Crippen LogP contribution in [0, 0.1) is 33.3 Å². The molecule has 0 radical (unpaired) electrons. The molecule has 1 rings (SSSR count). The monoisotopic (exact) mass is 244 g/mol. The Hall–Kier alpha value is -2.86. The van der Waals surface area contributed by atoms with E-state index in [0.29, 0.717) is 0 Å². The molecule has 0 saturated carbocycles. The van der Waals surface area contributed by atoms with E-state index in [1.54, 1.807) is 13.0 Å². The fourth-order valence-corrected chi connectivity index (χ4v) is 1.14. The third kappa shape index (κ3) is 3.62. The number of nitrogens with zero attached hydrogens (tertiary/aromatic N) is 2. The number of non-ortho nitro benzene ring substituents is 1. The molecule has 0 atom stereocenters. The first-order chi connectivity index (χ1) is 8.56. The van der Waals surface area contributed by atoms with Crippen LogP contribution in [0.5, 0.6) is 0 Å². The van der Waals surface area contributed by atoms with Crippen LogP contribution in [0.4, 0.5) is 5.69 Å². The Balaban J connectivity index is 3.10. The van der Waals surface area contributed by atoms with Gasteiger partial charge in [0.25, 0.3) is 5.69 Å². The van der Waals surface area contributed by atoms with Gasteiger partial charge in [0.05, 0.1) is 23.2 Å². The third-order valence-electron chi connectivity index (χ3n) is 1.84. The molecule has 0 aromatic heterocycles. The summed E-state index contributed by atoms with van der Waals surface area (Å²) in [7, 11) is 0. The molecule has 0 amide bonds. The Morgan fingerprint density at radius 3 is 2.67 bits per heavy atom. The SMILES string of the molecule is CCOC(=O)C#Cc1cc(C#N)cc([N+](=O)[O-])c1. The summed E-state index contributed by atoms with van der Waals surface area (Å²) in [5, 5.41) is 19.3. The van der Waals surface area contributed by atoms with Gasteiger partial charge in [0, 0.05) is 23.6 Å². The minimum Gasteiger partial charge on any atom is -0.456 e. The van der Waals surface area contributed by atoms with Crippen molar-refractivity contribution in [2.75, 3.05) is 6.61 Å². The molecule has 6 nitrogen and oxygen atoms in total. The van der Waals surface area contributed by atoms with E-state index in [9.17, 15) is 14.9 Å². The molecule has 0 fully saturated rings. The van der Waals surface area contributed by atoms with Gasteiger partial charge < -0.3 is 4.74 Å². The van der Waals surface area contributed by atoms with Crippen molar-refractivity contribution in [2.24, 2.45) is 0 Å². The first-order valence-electron chi connectivity index (χ1n) is 4.95. The van der Waals surface area contributed by atoms with E-state index < -0.39 is 10.9 Å². The minimum absolute atomic E-state index is 0.109. The van der Waals surface area contributed by atoms with E-state index in [1.807, 2.05) is 0 Å². The summed E-state index contributed by atoms with van der Waals surface area (Å²) in [6.45, 7) is 1.84. The second-order valence-electron chi connectivity index (χ2n) is 3.11. The standard InChI is InChI=1S/C12H8N2O4/c1-2-18-12(15)4-3-9-5-10(8-13)7-11(6-9)14(16)17/h5-7H,2H2,1H3. The van der Waals surface area contributed by atoms with Crippen molar-refractivity contribution in [3.63, 3.8) is 0 Å². The molecule has 6 heteroatoms. The van der Waals surface area contributed by atoms with Crippen LogP contribution < -0.4 is 0 Å². The maximum atomic E-state index is 11.0. The van der Waals surface area contributed by atoms with E-state index in [2.05, 4.69) is 16.6 Å². The van der Waals surface area contributed by atoms with Gasteiger partial charge in [-0.05, 0) is 13.0 Å². The van der Waals surface area contributed by atoms with Gasteiger partial charge in [0.1, 0.15) is 0 Å². The van der Waals surface area contributed by atoms with Gasteiger partial charge in [0.2, 0.25) is 0 Å². The summed E-state index contributed by atoms with van der Waals surface area (Å²) in [5.41, 5.74) is 0.0772. The van der Waals surface area contributed by atoms with E-state index in [-0.39, 0.29) is 23.4 Å². The summed E-state index contributed by atoms with van der Waals surface area (Å²) in [5.74, 6) is 3.87. The summed E-state index contributed by atoms with van der Waals surface area (Å²) in [6.07, 6.45) is 0. The highest BCUT2D eigenvalue weighted by atomic mass is 16.6. The van der Waals surface area contributed by atoms with Crippen molar-refractivity contribution in [3.05, 3.63) is 39.4 Å². The lowest BCUT2D eigenvalue weighted by atomic mass is 10.1. The lowest BCUT2D eigenvalue weighted by Gasteiger charge is -1.95. The molecule has 0 aliphatic rings. The molecule has 0 aliphatic heterocycles. The van der Waals surface area contributed by atoms with Crippen LogP contribution in [0.1, 0.15) is 18.1 Å². The Labute approximate surface area is 103 Å². The Morgan fingerprint density at radius 1 is 1.44 bits per heavy atom. The number of carbonyl (C=O) groups excluding carboxylic acids is 1. The summed E-state index contributed by atoms with van der Waals surface area (Å²) >= 11 is 0. The smallest absolute Gasteiger partial charge is 0.384 e. The van der Waals surface area contributed by atoms with E-state index in [1.165, 1.54) is 12.1 Å². The van der Waals surface area contributed by atoms with Crippen LogP contribution in [0.15, 0.2) is 18.2 Å². The second kappa shape index (κ2) is 6.02. The zero-order chi connectivity index (χ0) is 13.5. The normalized spacial score (nSPS) is 8.67.